The Labute approximate surface area is 49.4 Å². The third kappa shape index (κ3) is 1.06. The molecule has 42 valence electrons. The maximum absolute atomic E-state index is 3.98. The van der Waals surface area contributed by atoms with E-state index in [4.69, 9.17) is 0 Å². The molecule has 0 spiro atoms. The highest BCUT2D eigenvalue weighted by Crippen LogP contribution is 1.96. The van der Waals surface area contributed by atoms with Crippen LogP contribution in [0.25, 0.3) is 0 Å². The minimum atomic E-state index is 1.23. The van der Waals surface area contributed by atoms with Gasteiger partial charge >= 0.3 is 0 Å². The summed E-state index contributed by atoms with van der Waals surface area (Å²) in [5, 5.41) is 0. The molecule has 1 heteroatoms. The lowest BCUT2D eigenvalue weighted by Gasteiger charge is -1.89. The van der Waals surface area contributed by atoms with Crippen LogP contribution in [0.1, 0.15) is 11.1 Å². The average Bonchev–Trinajstić information content (AvgIpc) is 1.64. The van der Waals surface area contributed by atoms with Crippen LogP contribution >= 0.6 is 0 Å². The zero-order valence-corrected chi connectivity index (χ0v) is 5.18. The van der Waals surface area contributed by atoms with Gasteiger partial charge in [-0.2, -0.15) is 0 Å². The predicted molar refractivity (Wildman–Crippen MR) is 33.7 cm³/mol. The molecule has 0 saturated carbocycles. The van der Waals surface area contributed by atoms with Gasteiger partial charge in [0, 0.05) is 12.4 Å². The van der Waals surface area contributed by atoms with Crippen LogP contribution < -0.4 is 0 Å². The Morgan fingerprint density at radius 2 is 1.62 bits per heavy atom. The van der Waals surface area contributed by atoms with Gasteiger partial charge in [-0.1, -0.05) is 6.07 Å². The maximum atomic E-state index is 3.98. The van der Waals surface area contributed by atoms with E-state index in [0.717, 1.165) is 0 Å². The van der Waals surface area contributed by atoms with Gasteiger partial charge in [0.2, 0.25) is 0 Å². The summed E-state index contributed by atoms with van der Waals surface area (Å²) in [7, 11) is 0. The van der Waals surface area contributed by atoms with Crippen LogP contribution in [-0.2, 0) is 0 Å². The number of hydrogen-bond acceptors (Lipinski definition) is 1. The minimum absolute atomic E-state index is 1.23. The van der Waals surface area contributed by atoms with Crippen molar-refractivity contribution in [2.45, 2.75) is 13.8 Å². The highest BCUT2D eigenvalue weighted by Gasteiger charge is 1.81. The molecule has 0 unspecified atom stereocenters. The molecule has 0 aromatic carbocycles. The second-order valence-electron chi connectivity index (χ2n) is 2.04. The Kier molecular flexibility index (Phi) is 1.29. The summed E-state index contributed by atoms with van der Waals surface area (Å²) in [5.41, 5.74) is 2.45. The number of hydrogen-bond donors (Lipinski definition) is 0. The Balaban J connectivity index is 3.08. The molecular formula is C7H9N. The zero-order chi connectivity index (χ0) is 5.98. The van der Waals surface area contributed by atoms with Gasteiger partial charge in [-0.25, -0.2) is 0 Å². The molecule has 0 aliphatic rings. The van der Waals surface area contributed by atoms with Gasteiger partial charge in [0.25, 0.3) is 0 Å². The van der Waals surface area contributed by atoms with E-state index in [1.165, 1.54) is 11.1 Å². The van der Waals surface area contributed by atoms with Crippen molar-refractivity contribution in [3.05, 3.63) is 29.6 Å². The minimum Gasteiger partial charge on any atom is -0.264 e. The molecule has 0 aliphatic carbocycles. The van der Waals surface area contributed by atoms with E-state index in [0.29, 0.717) is 0 Å². The molecule has 0 saturated heterocycles. The smallest absolute Gasteiger partial charge is 0.0297 e. The molecule has 1 heterocycles. The summed E-state index contributed by atoms with van der Waals surface area (Å²) >= 11 is 0. The van der Waals surface area contributed by atoms with Crippen molar-refractivity contribution >= 4 is 0 Å². The van der Waals surface area contributed by atoms with Gasteiger partial charge in [-0.3, -0.25) is 4.98 Å². The monoisotopic (exact) mass is 108 g/mol. The summed E-state index contributed by atoms with van der Waals surface area (Å²) in [5.74, 6) is 0. The normalized spacial score (nSPS) is 9.25. The second kappa shape index (κ2) is 1.95. The molecule has 0 atom stereocenters. The second-order valence-corrected chi connectivity index (χ2v) is 2.04. The number of rotatable bonds is 0. The topological polar surface area (TPSA) is 12.9 Å². The van der Waals surface area contributed by atoms with Crippen LogP contribution in [0.3, 0.4) is 0 Å². The van der Waals surface area contributed by atoms with Crippen LogP contribution in [0.4, 0.5) is 0 Å². The average molecular weight is 108 g/mol. The fourth-order valence-corrected chi connectivity index (χ4v) is 0.706. The SMILES string of the molecule is Cc1c[15n]cc(C)c1. The largest absolute Gasteiger partial charge is 0.264 e. The van der Waals surface area contributed by atoms with Gasteiger partial charge in [-0.05, 0) is 25.0 Å². The van der Waals surface area contributed by atoms with Crippen molar-refractivity contribution < 1.29 is 0 Å². The highest BCUT2D eigenvalue weighted by atomic mass is 15.4. The summed E-state index contributed by atoms with van der Waals surface area (Å²) < 4.78 is 0. The first-order valence-corrected chi connectivity index (χ1v) is 2.67. The predicted octanol–water partition coefficient (Wildman–Crippen LogP) is 1.70. The summed E-state index contributed by atoms with van der Waals surface area (Å²) in [6, 6.07) is 2.10. The molecule has 1 aromatic rings. The molecular weight excluding hydrogens is 99.1 g/mol. The molecule has 1 rings (SSSR count). The number of pyridine rings is 1. The fraction of sp³-hybridized carbons (Fsp3) is 0.286. The van der Waals surface area contributed by atoms with Crippen molar-refractivity contribution in [3.8, 4) is 0 Å². The van der Waals surface area contributed by atoms with Crippen molar-refractivity contribution in [3.63, 3.8) is 0 Å². The Morgan fingerprint density at radius 3 is 1.88 bits per heavy atom. The van der Waals surface area contributed by atoms with E-state index in [2.05, 4.69) is 11.1 Å². The number of aromatic nitrogens is 1. The van der Waals surface area contributed by atoms with E-state index < -0.39 is 0 Å². The first-order chi connectivity index (χ1) is 3.79. The van der Waals surface area contributed by atoms with Crippen molar-refractivity contribution in [1.29, 1.82) is 0 Å². The van der Waals surface area contributed by atoms with E-state index >= 15 is 0 Å². The molecule has 8 heavy (non-hydrogen) atoms. The third-order valence-electron chi connectivity index (χ3n) is 1.01. The van der Waals surface area contributed by atoms with Crippen LogP contribution in [0.15, 0.2) is 18.5 Å². The standard InChI is InChI=1S/C7H9N/c1-6-3-7(2)5-8-4-6/h3-5H,1-2H3/i8+1. The van der Waals surface area contributed by atoms with Gasteiger partial charge in [0.05, 0.1) is 0 Å². The van der Waals surface area contributed by atoms with Crippen molar-refractivity contribution in [1.82, 2.24) is 4.98 Å². The molecule has 0 fully saturated rings. The zero-order valence-electron chi connectivity index (χ0n) is 5.18. The molecule has 0 aliphatic heterocycles. The number of nitrogens with zero attached hydrogens (tertiary/aromatic N) is 1. The van der Waals surface area contributed by atoms with Gasteiger partial charge in [0.1, 0.15) is 0 Å². The lowest BCUT2D eigenvalue weighted by Crippen LogP contribution is -1.76. The van der Waals surface area contributed by atoms with E-state index in [9.17, 15) is 0 Å². The van der Waals surface area contributed by atoms with Crippen LogP contribution in [-0.4, -0.2) is 4.98 Å². The van der Waals surface area contributed by atoms with Crippen LogP contribution in [0.2, 0.25) is 0 Å². The number of aryl methyl sites for hydroxylation is 2. The quantitative estimate of drug-likeness (QED) is 0.493. The Hall–Kier alpha value is -0.850. The molecule has 0 N–H and O–H groups in total. The highest BCUT2D eigenvalue weighted by molar-refractivity contribution is 5.14. The fourth-order valence-electron chi connectivity index (χ4n) is 0.706. The van der Waals surface area contributed by atoms with E-state index in [-0.39, 0.29) is 0 Å². The van der Waals surface area contributed by atoms with Crippen LogP contribution in [0, 0.1) is 13.8 Å². The molecule has 1 aromatic heterocycles. The summed E-state index contributed by atoms with van der Waals surface area (Å²) in [6.07, 6.45) is 3.71. The van der Waals surface area contributed by atoms with Gasteiger partial charge < -0.3 is 0 Å². The lowest BCUT2D eigenvalue weighted by molar-refractivity contribution is 1.22. The van der Waals surface area contributed by atoms with E-state index in [1.807, 2.05) is 26.2 Å². The summed E-state index contributed by atoms with van der Waals surface area (Å²) in [4.78, 5) is 3.98. The molecule has 0 radical (unpaired) electrons. The molecule has 1 nitrogen and oxygen atoms in total. The Morgan fingerprint density at radius 1 is 1.12 bits per heavy atom. The van der Waals surface area contributed by atoms with Gasteiger partial charge in [-0.15, -0.1) is 0 Å². The maximum Gasteiger partial charge on any atom is 0.0297 e. The lowest BCUT2D eigenvalue weighted by atomic mass is 10.2. The summed E-state index contributed by atoms with van der Waals surface area (Å²) in [6.45, 7) is 4.08. The first kappa shape index (κ1) is 5.29. The molecule has 0 bridgehead atoms. The third-order valence-corrected chi connectivity index (χ3v) is 1.01. The first-order valence-electron chi connectivity index (χ1n) is 2.67. The van der Waals surface area contributed by atoms with Gasteiger partial charge in [0.15, 0.2) is 0 Å². The molecule has 0 amide bonds. The van der Waals surface area contributed by atoms with Crippen LogP contribution in [0.5, 0.6) is 0 Å². The van der Waals surface area contributed by atoms with E-state index in [1.54, 1.807) is 0 Å². The van der Waals surface area contributed by atoms with Crippen molar-refractivity contribution in [2.75, 3.05) is 0 Å². The van der Waals surface area contributed by atoms with Crippen molar-refractivity contribution in [2.24, 2.45) is 0 Å². The Bertz CT molecular complexity index is 164.